The highest BCUT2D eigenvalue weighted by molar-refractivity contribution is 5.92. The molecule has 5 nitrogen and oxygen atoms in total. The van der Waals surface area contributed by atoms with Gasteiger partial charge in [-0.15, -0.1) is 0 Å². The Labute approximate surface area is 113 Å². The molecule has 0 bridgehead atoms. The first-order valence-corrected chi connectivity index (χ1v) is 7.12. The van der Waals surface area contributed by atoms with Gasteiger partial charge in [-0.1, -0.05) is 5.16 Å². The predicted octanol–water partition coefficient (Wildman–Crippen LogP) is 1.59. The second-order valence-electron chi connectivity index (χ2n) is 5.95. The third-order valence-electron chi connectivity index (χ3n) is 4.45. The molecule has 1 atom stereocenters. The van der Waals surface area contributed by atoms with Crippen LogP contribution in [0.5, 0.6) is 0 Å². The molecule has 1 spiro atoms. The maximum absolute atomic E-state index is 12.5. The number of aromatic nitrogens is 1. The van der Waals surface area contributed by atoms with Crippen molar-refractivity contribution in [1.82, 2.24) is 15.4 Å². The number of hydrogen-bond acceptors (Lipinski definition) is 4. The Morgan fingerprint density at radius 1 is 1.47 bits per heavy atom. The zero-order valence-electron chi connectivity index (χ0n) is 11.4. The molecule has 2 aliphatic rings. The molecule has 2 fully saturated rings. The third-order valence-corrected chi connectivity index (χ3v) is 4.45. The molecule has 0 aromatic carbocycles. The van der Waals surface area contributed by atoms with Crippen molar-refractivity contribution >= 4 is 5.91 Å². The first-order valence-electron chi connectivity index (χ1n) is 7.12. The number of nitrogens with one attached hydrogen (secondary N) is 1. The molecule has 0 saturated carbocycles. The molecular weight excluding hydrogens is 242 g/mol. The second-order valence-corrected chi connectivity index (χ2v) is 5.95. The van der Waals surface area contributed by atoms with Crippen LogP contribution in [0.3, 0.4) is 0 Å². The number of amides is 1. The molecule has 0 radical (unpaired) electrons. The van der Waals surface area contributed by atoms with Crippen molar-refractivity contribution in [3.63, 3.8) is 0 Å². The van der Waals surface area contributed by atoms with Crippen LogP contribution in [0.2, 0.25) is 0 Å². The van der Waals surface area contributed by atoms with Crippen LogP contribution in [0.1, 0.15) is 41.8 Å². The first kappa shape index (κ1) is 12.7. The van der Waals surface area contributed by atoms with Crippen LogP contribution in [-0.4, -0.2) is 42.1 Å². The number of hydrogen-bond donors (Lipinski definition) is 1. The number of carbonyl (C=O) groups excluding carboxylic acids is 1. The van der Waals surface area contributed by atoms with E-state index in [0.717, 1.165) is 38.2 Å². The summed E-state index contributed by atoms with van der Waals surface area (Å²) in [5.74, 6) is 0.403. The van der Waals surface area contributed by atoms with Gasteiger partial charge in [-0.25, -0.2) is 0 Å². The van der Waals surface area contributed by atoms with E-state index in [1.54, 1.807) is 6.20 Å². The summed E-state index contributed by atoms with van der Waals surface area (Å²) < 4.78 is 5.10. The van der Waals surface area contributed by atoms with Crippen molar-refractivity contribution in [1.29, 1.82) is 0 Å². The summed E-state index contributed by atoms with van der Waals surface area (Å²) in [6.07, 6.45) is 6.34. The minimum Gasteiger partial charge on any atom is -0.351 e. The summed E-state index contributed by atoms with van der Waals surface area (Å²) in [6.45, 7) is 5.69. The number of aryl methyl sites for hydroxylation is 1. The molecule has 1 N–H and O–H groups in total. The predicted molar refractivity (Wildman–Crippen MR) is 70.9 cm³/mol. The van der Waals surface area contributed by atoms with Crippen LogP contribution < -0.4 is 5.32 Å². The van der Waals surface area contributed by atoms with Crippen LogP contribution >= 0.6 is 0 Å². The van der Waals surface area contributed by atoms with Gasteiger partial charge in [0.2, 0.25) is 5.76 Å². The largest absolute Gasteiger partial charge is 0.351 e. The first-order chi connectivity index (χ1) is 9.20. The Kier molecular flexibility index (Phi) is 3.31. The standard InChI is InChI=1S/C14H21N3O2/c1-11-8-16-19-12(11)13(18)17-7-3-5-14(10-17)4-2-6-15-9-14/h8,15H,2-7,9-10H2,1H3. The Morgan fingerprint density at radius 3 is 3.00 bits per heavy atom. The lowest BCUT2D eigenvalue weighted by Crippen LogP contribution is -2.52. The maximum atomic E-state index is 12.5. The van der Waals surface area contributed by atoms with E-state index in [1.165, 1.54) is 19.3 Å². The van der Waals surface area contributed by atoms with Gasteiger partial charge in [0.15, 0.2) is 0 Å². The molecule has 1 unspecified atom stereocenters. The van der Waals surface area contributed by atoms with Crippen molar-refractivity contribution in [3.05, 3.63) is 17.5 Å². The average molecular weight is 263 g/mol. The maximum Gasteiger partial charge on any atom is 0.292 e. The highest BCUT2D eigenvalue weighted by Gasteiger charge is 2.39. The Balaban J connectivity index is 1.74. The highest BCUT2D eigenvalue weighted by atomic mass is 16.5. The van der Waals surface area contributed by atoms with Crippen molar-refractivity contribution < 1.29 is 9.32 Å². The Hall–Kier alpha value is -1.36. The smallest absolute Gasteiger partial charge is 0.292 e. The zero-order chi connectivity index (χ0) is 13.3. The number of likely N-dealkylation sites (tertiary alicyclic amines) is 1. The van der Waals surface area contributed by atoms with Crippen LogP contribution in [0.15, 0.2) is 10.7 Å². The summed E-state index contributed by atoms with van der Waals surface area (Å²) in [5.41, 5.74) is 1.10. The molecule has 3 heterocycles. The SMILES string of the molecule is Cc1cnoc1C(=O)N1CCCC2(CCCNC2)C1. The zero-order valence-corrected chi connectivity index (χ0v) is 11.4. The fourth-order valence-corrected chi connectivity index (χ4v) is 3.40. The highest BCUT2D eigenvalue weighted by Crippen LogP contribution is 2.36. The van der Waals surface area contributed by atoms with Gasteiger partial charge in [0.05, 0.1) is 6.20 Å². The molecular formula is C14H21N3O2. The normalized spacial score (nSPS) is 27.7. The summed E-state index contributed by atoms with van der Waals surface area (Å²) in [6, 6.07) is 0. The monoisotopic (exact) mass is 263 g/mol. The molecule has 1 amide bonds. The van der Waals surface area contributed by atoms with Crippen LogP contribution in [0.25, 0.3) is 0 Å². The number of rotatable bonds is 1. The van der Waals surface area contributed by atoms with E-state index in [-0.39, 0.29) is 11.3 Å². The molecule has 2 aliphatic heterocycles. The van der Waals surface area contributed by atoms with Gasteiger partial charge in [0, 0.05) is 30.6 Å². The van der Waals surface area contributed by atoms with Gasteiger partial charge in [0.25, 0.3) is 5.91 Å². The lowest BCUT2D eigenvalue weighted by Gasteiger charge is -2.45. The van der Waals surface area contributed by atoms with Crippen LogP contribution in [0, 0.1) is 12.3 Å². The third kappa shape index (κ3) is 2.39. The van der Waals surface area contributed by atoms with Gasteiger partial charge >= 0.3 is 0 Å². The number of nitrogens with zero attached hydrogens (tertiary/aromatic N) is 2. The van der Waals surface area contributed by atoms with Crippen molar-refractivity contribution in [3.8, 4) is 0 Å². The molecule has 1 aromatic rings. The Morgan fingerprint density at radius 2 is 2.32 bits per heavy atom. The van der Waals surface area contributed by atoms with Crippen molar-refractivity contribution in [2.24, 2.45) is 5.41 Å². The molecule has 3 rings (SSSR count). The van der Waals surface area contributed by atoms with Gasteiger partial charge in [0.1, 0.15) is 0 Å². The van der Waals surface area contributed by atoms with E-state index < -0.39 is 0 Å². The summed E-state index contributed by atoms with van der Waals surface area (Å²) in [5, 5.41) is 7.18. The van der Waals surface area contributed by atoms with Crippen LogP contribution in [-0.2, 0) is 0 Å². The molecule has 0 aliphatic carbocycles. The molecule has 2 saturated heterocycles. The van der Waals surface area contributed by atoms with E-state index in [9.17, 15) is 4.79 Å². The van der Waals surface area contributed by atoms with Crippen molar-refractivity contribution in [2.75, 3.05) is 26.2 Å². The second kappa shape index (κ2) is 4.96. The van der Waals surface area contributed by atoms with Gasteiger partial charge in [-0.2, -0.15) is 0 Å². The average Bonchev–Trinajstić information content (AvgIpc) is 2.85. The molecule has 1 aromatic heterocycles. The molecule has 19 heavy (non-hydrogen) atoms. The minimum absolute atomic E-state index is 0.000325. The quantitative estimate of drug-likeness (QED) is 0.836. The summed E-state index contributed by atoms with van der Waals surface area (Å²) in [7, 11) is 0. The molecule has 104 valence electrons. The van der Waals surface area contributed by atoms with E-state index >= 15 is 0 Å². The van der Waals surface area contributed by atoms with Crippen LogP contribution in [0.4, 0.5) is 0 Å². The van der Waals surface area contributed by atoms with Gasteiger partial charge in [-0.05, 0) is 39.2 Å². The molecule has 5 heteroatoms. The van der Waals surface area contributed by atoms with Gasteiger partial charge in [-0.3, -0.25) is 4.79 Å². The van der Waals surface area contributed by atoms with E-state index in [2.05, 4.69) is 10.5 Å². The van der Waals surface area contributed by atoms with E-state index in [4.69, 9.17) is 4.52 Å². The Bertz CT molecular complexity index is 458. The lowest BCUT2D eigenvalue weighted by atomic mass is 9.74. The summed E-state index contributed by atoms with van der Waals surface area (Å²) in [4.78, 5) is 14.4. The fraction of sp³-hybridized carbons (Fsp3) is 0.714. The van der Waals surface area contributed by atoms with Gasteiger partial charge < -0.3 is 14.7 Å². The summed E-state index contributed by atoms with van der Waals surface area (Å²) >= 11 is 0. The lowest BCUT2D eigenvalue weighted by molar-refractivity contribution is 0.0400. The van der Waals surface area contributed by atoms with Crippen molar-refractivity contribution in [2.45, 2.75) is 32.6 Å². The number of carbonyl (C=O) groups is 1. The van der Waals surface area contributed by atoms with E-state index in [0.29, 0.717) is 5.76 Å². The minimum atomic E-state index is -0.000325. The fourth-order valence-electron chi connectivity index (χ4n) is 3.40. The topological polar surface area (TPSA) is 58.4 Å². The number of piperidine rings is 2. The van der Waals surface area contributed by atoms with E-state index in [1.807, 2.05) is 11.8 Å².